The smallest absolute Gasteiger partial charge is 0.276 e. The monoisotopic (exact) mass is 314 g/mol. The van der Waals surface area contributed by atoms with E-state index in [9.17, 15) is 15.0 Å². The molecule has 6 heteroatoms. The van der Waals surface area contributed by atoms with Crippen molar-refractivity contribution < 1.29 is 19.7 Å². The minimum atomic E-state index is -0.410. The van der Waals surface area contributed by atoms with Crippen molar-refractivity contribution in [3.63, 3.8) is 0 Å². The van der Waals surface area contributed by atoms with Gasteiger partial charge in [0.05, 0.1) is 5.70 Å². The molecule has 0 aliphatic carbocycles. The van der Waals surface area contributed by atoms with E-state index < -0.39 is 5.91 Å². The molecule has 120 valence electrons. The number of hydrogen-bond acceptors (Lipinski definition) is 5. The summed E-state index contributed by atoms with van der Waals surface area (Å²) >= 11 is 0. The maximum atomic E-state index is 11.7. The van der Waals surface area contributed by atoms with E-state index in [-0.39, 0.29) is 29.4 Å². The number of aromatic hydroxyl groups is 2. The fourth-order valence-electron chi connectivity index (χ4n) is 1.87. The Morgan fingerprint density at radius 3 is 2.70 bits per heavy atom. The van der Waals surface area contributed by atoms with Gasteiger partial charge >= 0.3 is 0 Å². The largest absolute Gasteiger partial charge is 0.508 e. The molecule has 0 aliphatic rings. The lowest BCUT2D eigenvalue weighted by Crippen LogP contribution is -2.38. The van der Waals surface area contributed by atoms with Crippen molar-refractivity contribution in [3.8, 4) is 17.2 Å². The highest BCUT2D eigenvalue weighted by Crippen LogP contribution is 2.26. The van der Waals surface area contributed by atoms with Crippen molar-refractivity contribution in [3.05, 3.63) is 60.2 Å². The first-order valence-corrected chi connectivity index (χ1v) is 6.91. The van der Waals surface area contributed by atoms with Crippen LogP contribution in [-0.2, 0) is 4.79 Å². The van der Waals surface area contributed by atoms with E-state index in [2.05, 4.69) is 17.4 Å². The summed E-state index contributed by atoms with van der Waals surface area (Å²) in [7, 11) is 0. The predicted molar refractivity (Wildman–Crippen MR) is 86.8 cm³/mol. The molecule has 0 saturated heterocycles. The standard InChI is InChI=1S/C17H18N2O4/c1-11-4-3-5-14(8-11)23-10-17(22)19-18-12(2)15-9-13(20)6-7-16(15)21/h3-9,18,20-21H,2,10H2,1H3,(H,19,22). The van der Waals surface area contributed by atoms with Gasteiger partial charge in [-0.15, -0.1) is 0 Å². The SMILES string of the molecule is C=C(NNC(=O)COc1cccc(C)c1)c1cc(O)ccc1O. The van der Waals surface area contributed by atoms with Gasteiger partial charge in [-0.3, -0.25) is 15.6 Å². The van der Waals surface area contributed by atoms with Gasteiger partial charge in [0, 0.05) is 5.56 Å². The van der Waals surface area contributed by atoms with Crippen molar-refractivity contribution >= 4 is 11.6 Å². The van der Waals surface area contributed by atoms with Gasteiger partial charge in [-0.1, -0.05) is 18.7 Å². The van der Waals surface area contributed by atoms with E-state index in [0.29, 0.717) is 5.75 Å². The van der Waals surface area contributed by atoms with Crippen LogP contribution < -0.4 is 15.6 Å². The van der Waals surface area contributed by atoms with Crippen molar-refractivity contribution in [1.29, 1.82) is 0 Å². The third kappa shape index (κ3) is 4.67. The Morgan fingerprint density at radius 1 is 1.17 bits per heavy atom. The fourth-order valence-corrected chi connectivity index (χ4v) is 1.87. The molecule has 0 radical (unpaired) electrons. The fraction of sp³-hybridized carbons (Fsp3) is 0.118. The molecule has 0 aliphatic heterocycles. The molecule has 0 unspecified atom stereocenters. The van der Waals surface area contributed by atoms with Gasteiger partial charge in [-0.2, -0.15) is 0 Å². The molecule has 1 amide bonds. The number of carbonyl (C=O) groups is 1. The summed E-state index contributed by atoms with van der Waals surface area (Å²) in [5.41, 5.74) is 6.53. The minimum Gasteiger partial charge on any atom is -0.508 e. The van der Waals surface area contributed by atoms with Crippen LogP contribution in [0, 0.1) is 6.92 Å². The van der Waals surface area contributed by atoms with Crippen molar-refractivity contribution in [1.82, 2.24) is 10.9 Å². The molecule has 4 N–H and O–H groups in total. The van der Waals surface area contributed by atoms with Gasteiger partial charge in [0.2, 0.25) is 0 Å². The third-order valence-corrected chi connectivity index (χ3v) is 3.02. The van der Waals surface area contributed by atoms with E-state index >= 15 is 0 Å². The van der Waals surface area contributed by atoms with Crippen LogP contribution in [-0.4, -0.2) is 22.7 Å². The second-order valence-electron chi connectivity index (χ2n) is 4.96. The quantitative estimate of drug-likeness (QED) is 0.484. The van der Waals surface area contributed by atoms with E-state index in [4.69, 9.17) is 4.74 Å². The molecule has 2 aromatic rings. The summed E-state index contributed by atoms with van der Waals surface area (Å²) in [6.07, 6.45) is 0. The lowest BCUT2D eigenvalue weighted by Gasteiger charge is -2.13. The third-order valence-electron chi connectivity index (χ3n) is 3.02. The number of hydrogen-bond donors (Lipinski definition) is 4. The summed E-state index contributed by atoms with van der Waals surface area (Å²) in [5, 5.41) is 19.1. The molecule has 6 nitrogen and oxygen atoms in total. The second kappa shape index (κ2) is 7.22. The molecular weight excluding hydrogens is 296 g/mol. The van der Waals surface area contributed by atoms with Crippen LogP contribution in [0.15, 0.2) is 49.0 Å². The number of amides is 1. The number of nitrogens with one attached hydrogen (secondary N) is 2. The Morgan fingerprint density at radius 2 is 1.96 bits per heavy atom. The summed E-state index contributed by atoms with van der Waals surface area (Å²) in [6.45, 7) is 5.45. The van der Waals surface area contributed by atoms with Crippen molar-refractivity contribution in [2.75, 3.05) is 6.61 Å². The van der Waals surface area contributed by atoms with Crippen LogP contribution >= 0.6 is 0 Å². The molecule has 0 aromatic heterocycles. The number of phenols is 2. The Hall–Kier alpha value is -3.15. The summed E-state index contributed by atoms with van der Waals surface area (Å²) in [4.78, 5) is 11.7. The van der Waals surface area contributed by atoms with Gasteiger partial charge in [0.1, 0.15) is 17.2 Å². The van der Waals surface area contributed by atoms with Gasteiger partial charge in [0.15, 0.2) is 6.61 Å². The number of benzene rings is 2. The van der Waals surface area contributed by atoms with Gasteiger partial charge in [-0.05, 0) is 42.8 Å². The van der Waals surface area contributed by atoms with Crippen LogP contribution in [0.2, 0.25) is 0 Å². The minimum absolute atomic E-state index is 0.0187. The molecule has 2 aromatic carbocycles. The first kappa shape index (κ1) is 16.2. The van der Waals surface area contributed by atoms with E-state index in [1.807, 2.05) is 25.1 Å². The van der Waals surface area contributed by atoms with Crippen LogP contribution in [0.3, 0.4) is 0 Å². The second-order valence-corrected chi connectivity index (χ2v) is 4.96. The van der Waals surface area contributed by atoms with Gasteiger partial charge in [-0.25, -0.2) is 0 Å². The number of aryl methyl sites for hydroxylation is 1. The Bertz CT molecular complexity index is 728. The lowest BCUT2D eigenvalue weighted by atomic mass is 10.1. The van der Waals surface area contributed by atoms with Crippen molar-refractivity contribution in [2.45, 2.75) is 6.92 Å². The van der Waals surface area contributed by atoms with E-state index in [1.165, 1.54) is 18.2 Å². The molecule has 0 heterocycles. The average molecular weight is 314 g/mol. The number of phenolic OH excluding ortho intramolecular Hbond substituents is 2. The Labute approximate surface area is 134 Å². The zero-order valence-electron chi connectivity index (χ0n) is 12.7. The molecule has 2 rings (SSSR count). The van der Waals surface area contributed by atoms with Gasteiger partial charge < -0.3 is 14.9 Å². The Kier molecular flexibility index (Phi) is 5.09. The number of carbonyl (C=O) groups excluding carboxylic acids is 1. The topological polar surface area (TPSA) is 90.8 Å². The molecule has 0 fully saturated rings. The Balaban J connectivity index is 1.84. The van der Waals surface area contributed by atoms with Gasteiger partial charge in [0.25, 0.3) is 5.91 Å². The highest BCUT2D eigenvalue weighted by Gasteiger charge is 2.08. The maximum Gasteiger partial charge on any atom is 0.276 e. The highest BCUT2D eigenvalue weighted by molar-refractivity contribution is 5.79. The van der Waals surface area contributed by atoms with E-state index in [1.54, 1.807) is 6.07 Å². The van der Waals surface area contributed by atoms with Crippen LogP contribution in [0.1, 0.15) is 11.1 Å². The predicted octanol–water partition coefficient (Wildman–Crippen LogP) is 2.08. The van der Waals surface area contributed by atoms with Crippen LogP contribution in [0.4, 0.5) is 0 Å². The molecular formula is C17H18N2O4. The zero-order chi connectivity index (χ0) is 16.8. The number of ether oxygens (including phenoxy) is 1. The molecule has 0 spiro atoms. The zero-order valence-corrected chi connectivity index (χ0v) is 12.7. The number of hydrazine groups is 1. The first-order valence-electron chi connectivity index (χ1n) is 6.91. The molecule has 23 heavy (non-hydrogen) atoms. The molecule has 0 saturated carbocycles. The summed E-state index contributed by atoms with van der Waals surface area (Å²) in [6, 6.07) is 11.4. The van der Waals surface area contributed by atoms with Crippen LogP contribution in [0.5, 0.6) is 17.2 Å². The molecule has 0 bridgehead atoms. The summed E-state index contributed by atoms with van der Waals surface area (Å²) in [5.74, 6) is 0.109. The average Bonchev–Trinajstić information content (AvgIpc) is 2.53. The molecule has 0 atom stereocenters. The lowest BCUT2D eigenvalue weighted by molar-refractivity contribution is -0.123. The maximum absolute atomic E-state index is 11.7. The normalized spacial score (nSPS) is 9.96. The number of rotatable bonds is 6. The highest BCUT2D eigenvalue weighted by atomic mass is 16.5. The van der Waals surface area contributed by atoms with Crippen LogP contribution in [0.25, 0.3) is 5.70 Å². The summed E-state index contributed by atoms with van der Waals surface area (Å²) < 4.78 is 5.36. The van der Waals surface area contributed by atoms with E-state index in [0.717, 1.165) is 5.56 Å². The van der Waals surface area contributed by atoms with Crippen molar-refractivity contribution in [2.24, 2.45) is 0 Å². The first-order chi connectivity index (χ1) is 11.0.